The Morgan fingerprint density at radius 1 is 1.41 bits per heavy atom. The summed E-state index contributed by atoms with van der Waals surface area (Å²) in [5.74, 6) is -0.246. The molecule has 1 amide bonds. The molecule has 0 radical (unpaired) electrons. The second kappa shape index (κ2) is 8.98. The molecule has 1 heterocycles. The van der Waals surface area contributed by atoms with Crippen LogP contribution in [0.4, 0.5) is 10.1 Å². The molecule has 1 aliphatic rings. The van der Waals surface area contributed by atoms with Crippen molar-refractivity contribution in [1.29, 1.82) is 0 Å². The molecule has 0 unspecified atom stereocenters. The predicted molar refractivity (Wildman–Crippen MR) is 107 cm³/mol. The minimum absolute atomic E-state index is 0.0236. The molecule has 144 valence electrons. The molecule has 0 aromatic heterocycles. The zero-order chi connectivity index (χ0) is 20.0. The van der Waals surface area contributed by atoms with Crippen molar-refractivity contribution in [2.75, 3.05) is 27.2 Å². The lowest BCUT2D eigenvalue weighted by atomic mass is 10.0. The van der Waals surface area contributed by atoms with Gasteiger partial charge in [0.15, 0.2) is 0 Å². The number of nitrogens with zero attached hydrogens (tertiary/aromatic N) is 3. The van der Waals surface area contributed by atoms with Crippen molar-refractivity contribution in [3.63, 3.8) is 0 Å². The highest BCUT2D eigenvalue weighted by atomic mass is 19.1. The lowest BCUT2D eigenvalue weighted by molar-refractivity contribution is -0.128. The first kappa shape index (κ1) is 20.2. The average molecular weight is 372 g/mol. The van der Waals surface area contributed by atoms with E-state index in [9.17, 15) is 9.18 Å². The van der Waals surface area contributed by atoms with Crippen molar-refractivity contribution in [1.82, 2.24) is 10.2 Å². The van der Waals surface area contributed by atoms with Crippen molar-refractivity contribution >= 4 is 29.2 Å². The number of aliphatic imine (C=N–C) groups is 2. The van der Waals surface area contributed by atoms with Gasteiger partial charge in [-0.25, -0.2) is 9.38 Å². The summed E-state index contributed by atoms with van der Waals surface area (Å²) in [6.07, 6.45) is 3.44. The third-order valence-corrected chi connectivity index (χ3v) is 4.36. The minimum Gasteiger partial charge on any atom is -0.404 e. The van der Waals surface area contributed by atoms with Crippen LogP contribution in [0.3, 0.4) is 0 Å². The highest BCUT2D eigenvalue weighted by molar-refractivity contribution is 6.09. The van der Waals surface area contributed by atoms with Crippen molar-refractivity contribution < 1.29 is 9.18 Å². The third kappa shape index (κ3) is 4.72. The molecule has 0 fully saturated rings. The predicted octanol–water partition coefficient (Wildman–Crippen LogP) is 1.54. The van der Waals surface area contributed by atoms with E-state index in [-0.39, 0.29) is 11.7 Å². The Balaban J connectivity index is 2.35. The Labute approximate surface area is 158 Å². The molecule has 1 aliphatic heterocycles. The first-order chi connectivity index (χ1) is 12.9. The number of hydrogen-bond acceptors (Lipinski definition) is 5. The van der Waals surface area contributed by atoms with E-state index in [1.54, 1.807) is 31.1 Å². The SMILES string of the molecule is CN=CC(=CN)c1ccc(N=C(N)C2=C(NC)CCN(C(C)=O)C2)cc1F. The fourth-order valence-corrected chi connectivity index (χ4v) is 2.90. The number of amides is 1. The maximum atomic E-state index is 14.5. The molecule has 0 saturated carbocycles. The molecule has 7 nitrogen and oxygen atoms in total. The van der Waals surface area contributed by atoms with Crippen molar-refractivity contribution in [3.8, 4) is 0 Å². The number of carbonyl (C=O) groups excluding carboxylic acids is 1. The van der Waals surface area contributed by atoms with Crippen LogP contribution in [-0.4, -0.2) is 50.0 Å². The summed E-state index contributed by atoms with van der Waals surface area (Å²) in [4.78, 5) is 21.6. The number of benzene rings is 1. The van der Waals surface area contributed by atoms with E-state index in [1.807, 2.05) is 0 Å². The van der Waals surface area contributed by atoms with E-state index >= 15 is 0 Å². The van der Waals surface area contributed by atoms with Gasteiger partial charge in [-0.15, -0.1) is 0 Å². The van der Waals surface area contributed by atoms with Gasteiger partial charge < -0.3 is 21.7 Å². The van der Waals surface area contributed by atoms with Crippen LogP contribution in [0.25, 0.3) is 5.57 Å². The van der Waals surface area contributed by atoms with Crippen LogP contribution in [0.2, 0.25) is 0 Å². The summed E-state index contributed by atoms with van der Waals surface area (Å²) in [5, 5.41) is 3.11. The van der Waals surface area contributed by atoms with Crippen LogP contribution in [0.15, 0.2) is 45.7 Å². The molecule has 0 atom stereocenters. The summed E-state index contributed by atoms with van der Waals surface area (Å²) in [6, 6.07) is 4.53. The largest absolute Gasteiger partial charge is 0.404 e. The molecular weight excluding hydrogens is 347 g/mol. The van der Waals surface area contributed by atoms with Crippen LogP contribution < -0.4 is 16.8 Å². The third-order valence-electron chi connectivity index (χ3n) is 4.36. The highest BCUT2D eigenvalue weighted by Crippen LogP contribution is 2.23. The van der Waals surface area contributed by atoms with Gasteiger partial charge in [-0.05, 0) is 12.1 Å². The maximum Gasteiger partial charge on any atom is 0.219 e. The Morgan fingerprint density at radius 3 is 2.70 bits per heavy atom. The normalized spacial score (nSPS) is 16.2. The molecule has 27 heavy (non-hydrogen) atoms. The fourth-order valence-electron chi connectivity index (χ4n) is 2.90. The monoisotopic (exact) mass is 372 g/mol. The number of nitrogens with two attached hydrogens (primary N) is 2. The van der Waals surface area contributed by atoms with E-state index < -0.39 is 5.82 Å². The first-order valence-electron chi connectivity index (χ1n) is 8.55. The number of carbonyl (C=O) groups is 1. The van der Waals surface area contributed by atoms with Gasteiger partial charge in [0, 0.05) is 74.9 Å². The van der Waals surface area contributed by atoms with E-state index in [0.717, 1.165) is 11.3 Å². The van der Waals surface area contributed by atoms with Crippen molar-refractivity contribution in [2.45, 2.75) is 13.3 Å². The van der Waals surface area contributed by atoms with Gasteiger partial charge in [-0.2, -0.15) is 0 Å². The van der Waals surface area contributed by atoms with Crippen LogP contribution in [0.1, 0.15) is 18.9 Å². The number of rotatable bonds is 5. The van der Waals surface area contributed by atoms with Crippen LogP contribution in [0.5, 0.6) is 0 Å². The Morgan fingerprint density at radius 2 is 2.15 bits per heavy atom. The minimum atomic E-state index is -0.475. The molecule has 1 aromatic carbocycles. The molecule has 5 N–H and O–H groups in total. The van der Waals surface area contributed by atoms with Gasteiger partial charge >= 0.3 is 0 Å². The average Bonchev–Trinajstić information content (AvgIpc) is 2.66. The number of nitrogens with one attached hydrogen (secondary N) is 1. The Kier molecular flexibility index (Phi) is 6.70. The van der Waals surface area contributed by atoms with Gasteiger partial charge in [-0.1, -0.05) is 0 Å². The van der Waals surface area contributed by atoms with Gasteiger partial charge in [0.05, 0.1) is 12.2 Å². The second-order valence-electron chi connectivity index (χ2n) is 6.07. The molecule has 8 heteroatoms. The number of halogens is 1. The summed E-state index contributed by atoms with van der Waals surface area (Å²) < 4.78 is 14.5. The highest BCUT2D eigenvalue weighted by Gasteiger charge is 2.22. The van der Waals surface area contributed by atoms with Gasteiger partial charge in [0.1, 0.15) is 11.7 Å². The second-order valence-corrected chi connectivity index (χ2v) is 6.07. The van der Waals surface area contributed by atoms with Crippen LogP contribution in [-0.2, 0) is 4.79 Å². The van der Waals surface area contributed by atoms with Gasteiger partial charge in [-0.3, -0.25) is 9.79 Å². The molecule has 0 spiro atoms. The number of allylic oxidation sites excluding steroid dienone is 1. The van der Waals surface area contributed by atoms with Crippen molar-refractivity contribution in [2.24, 2.45) is 21.5 Å². The lowest BCUT2D eigenvalue weighted by Crippen LogP contribution is -2.40. The lowest BCUT2D eigenvalue weighted by Gasteiger charge is -2.29. The number of amidine groups is 1. The summed E-state index contributed by atoms with van der Waals surface area (Å²) in [5.41, 5.74) is 14.6. The zero-order valence-electron chi connectivity index (χ0n) is 15.8. The summed E-state index contributed by atoms with van der Waals surface area (Å²) >= 11 is 0. The van der Waals surface area contributed by atoms with Gasteiger partial charge in [0.25, 0.3) is 0 Å². The smallest absolute Gasteiger partial charge is 0.219 e. The molecule has 0 aliphatic carbocycles. The van der Waals surface area contributed by atoms with E-state index in [0.29, 0.717) is 36.3 Å². The fraction of sp³-hybridized carbons (Fsp3) is 0.316. The van der Waals surface area contributed by atoms with Crippen molar-refractivity contribution in [3.05, 3.63) is 47.0 Å². The summed E-state index contributed by atoms with van der Waals surface area (Å²) in [6.45, 7) is 2.51. The standard InChI is InChI=1S/C19H25FN6O/c1-12(27)26-7-6-18(24-3)16(11-26)19(22)25-14-4-5-15(17(20)8-14)13(9-21)10-23-2/h4-5,8-10,24H,6-7,11,21H2,1-3H3,(H2,22,25). The maximum absolute atomic E-state index is 14.5. The molecule has 0 saturated heterocycles. The molecule has 1 aromatic rings. The topological polar surface area (TPSA) is 109 Å². The van der Waals surface area contributed by atoms with E-state index in [4.69, 9.17) is 11.5 Å². The Bertz CT molecular complexity index is 841. The summed E-state index contributed by atoms with van der Waals surface area (Å²) in [7, 11) is 3.39. The van der Waals surface area contributed by atoms with Crippen LogP contribution >= 0.6 is 0 Å². The Hall–Kier alpha value is -3.16. The van der Waals surface area contributed by atoms with Crippen LogP contribution in [0, 0.1) is 5.82 Å². The molecular formula is C19H25FN6O. The first-order valence-corrected chi connectivity index (χ1v) is 8.55. The van der Waals surface area contributed by atoms with E-state index in [1.165, 1.54) is 25.4 Å². The molecule has 2 rings (SSSR count). The molecule has 0 bridgehead atoms. The zero-order valence-corrected chi connectivity index (χ0v) is 15.8. The van der Waals surface area contributed by atoms with E-state index in [2.05, 4.69) is 15.3 Å². The van der Waals surface area contributed by atoms with Gasteiger partial charge in [0.2, 0.25) is 5.91 Å². The number of hydrogen-bond donors (Lipinski definition) is 3. The quantitative estimate of drug-likeness (QED) is 0.538.